The molecule has 2 aromatic rings. The van der Waals surface area contributed by atoms with Crippen LogP contribution in [-0.4, -0.2) is 50.8 Å². The van der Waals surface area contributed by atoms with E-state index in [-0.39, 0.29) is 34.2 Å². The van der Waals surface area contributed by atoms with Gasteiger partial charge >= 0.3 is 5.97 Å². The van der Waals surface area contributed by atoms with E-state index in [4.69, 9.17) is 23.7 Å². The molecule has 0 unspecified atom stereocenters. The minimum atomic E-state index is -0.820. The van der Waals surface area contributed by atoms with Crippen molar-refractivity contribution in [3.8, 4) is 23.0 Å². The highest BCUT2D eigenvalue weighted by Crippen LogP contribution is 2.39. The smallest absolute Gasteiger partial charge is 0.342 e. The number of esters is 1. The standard InChI is InChI=1S/C20H20N2O9/c1-27-12-4-5-16(28-2)13(8-12)20(24)31-11-19(23)21-14-9-17-18(10-15(14)22(25)26)30-7-3-6-29-17/h4-5,8-10H,3,6-7,11H2,1-2H3,(H,21,23). The average Bonchev–Trinajstić information content (AvgIpc) is 3.01. The fourth-order valence-corrected chi connectivity index (χ4v) is 2.82. The molecule has 1 amide bonds. The molecule has 3 rings (SSSR count). The van der Waals surface area contributed by atoms with Gasteiger partial charge in [-0.25, -0.2) is 4.79 Å². The highest BCUT2D eigenvalue weighted by molar-refractivity contribution is 5.98. The van der Waals surface area contributed by atoms with Crippen LogP contribution in [0.3, 0.4) is 0 Å². The normalized spacial score (nSPS) is 12.3. The molecule has 1 aliphatic heterocycles. The molecule has 0 saturated carbocycles. The molecule has 0 saturated heterocycles. The Morgan fingerprint density at radius 2 is 1.81 bits per heavy atom. The number of nitrogens with zero attached hydrogens (tertiary/aromatic N) is 1. The number of anilines is 1. The number of carbonyl (C=O) groups is 2. The van der Waals surface area contributed by atoms with Crippen molar-refractivity contribution >= 4 is 23.3 Å². The van der Waals surface area contributed by atoms with Gasteiger partial charge in [-0.3, -0.25) is 14.9 Å². The molecule has 0 atom stereocenters. The van der Waals surface area contributed by atoms with E-state index in [9.17, 15) is 19.7 Å². The van der Waals surface area contributed by atoms with E-state index in [0.29, 0.717) is 25.4 Å². The summed E-state index contributed by atoms with van der Waals surface area (Å²) in [5.74, 6) is -0.452. The lowest BCUT2D eigenvalue weighted by atomic mass is 10.2. The van der Waals surface area contributed by atoms with Crippen LogP contribution in [-0.2, 0) is 9.53 Å². The second kappa shape index (κ2) is 9.65. The van der Waals surface area contributed by atoms with Crippen LogP contribution in [0.25, 0.3) is 0 Å². The summed E-state index contributed by atoms with van der Waals surface area (Å²) in [6, 6.07) is 7.03. The fourth-order valence-electron chi connectivity index (χ4n) is 2.82. The Morgan fingerprint density at radius 3 is 2.45 bits per heavy atom. The number of nitro benzene ring substituents is 1. The van der Waals surface area contributed by atoms with E-state index in [0.717, 1.165) is 0 Å². The summed E-state index contributed by atoms with van der Waals surface area (Å²) < 4.78 is 26.1. The number of fused-ring (bicyclic) bond motifs is 1. The van der Waals surface area contributed by atoms with Crippen LogP contribution < -0.4 is 24.3 Å². The summed E-state index contributed by atoms with van der Waals surface area (Å²) in [6.45, 7) is 0.0581. The van der Waals surface area contributed by atoms with Crippen LogP contribution in [0, 0.1) is 10.1 Å². The molecule has 11 heteroatoms. The SMILES string of the molecule is COc1ccc(OC)c(C(=O)OCC(=O)Nc2cc3c(cc2[N+](=O)[O-])OCCCO3)c1. The van der Waals surface area contributed by atoms with Gasteiger partial charge in [-0.1, -0.05) is 0 Å². The van der Waals surface area contributed by atoms with Crippen LogP contribution in [0.15, 0.2) is 30.3 Å². The molecule has 11 nitrogen and oxygen atoms in total. The molecule has 1 aliphatic rings. The van der Waals surface area contributed by atoms with E-state index in [1.807, 2.05) is 0 Å². The number of methoxy groups -OCH3 is 2. The van der Waals surface area contributed by atoms with Gasteiger partial charge in [-0.05, 0) is 18.2 Å². The quantitative estimate of drug-likeness (QED) is 0.398. The lowest BCUT2D eigenvalue weighted by Gasteiger charge is -2.12. The Morgan fingerprint density at radius 1 is 1.10 bits per heavy atom. The maximum absolute atomic E-state index is 12.4. The molecule has 31 heavy (non-hydrogen) atoms. The minimum Gasteiger partial charge on any atom is -0.497 e. The Balaban J connectivity index is 1.72. The molecular formula is C20H20N2O9. The van der Waals surface area contributed by atoms with E-state index in [1.54, 1.807) is 6.07 Å². The van der Waals surface area contributed by atoms with Crippen molar-refractivity contribution in [2.45, 2.75) is 6.42 Å². The molecule has 164 valence electrons. The first-order chi connectivity index (χ1) is 14.9. The Hall–Kier alpha value is -4.02. The number of ether oxygens (including phenoxy) is 5. The van der Waals surface area contributed by atoms with Gasteiger partial charge in [0.25, 0.3) is 11.6 Å². The molecule has 0 bridgehead atoms. The van der Waals surface area contributed by atoms with Crippen LogP contribution >= 0.6 is 0 Å². The maximum atomic E-state index is 12.4. The molecule has 0 fully saturated rings. The van der Waals surface area contributed by atoms with E-state index in [2.05, 4.69) is 5.32 Å². The van der Waals surface area contributed by atoms with Crippen LogP contribution in [0.4, 0.5) is 11.4 Å². The summed E-state index contributed by atoms with van der Waals surface area (Å²) in [7, 11) is 2.82. The summed E-state index contributed by atoms with van der Waals surface area (Å²) >= 11 is 0. The highest BCUT2D eigenvalue weighted by Gasteiger charge is 2.24. The zero-order valence-corrected chi connectivity index (χ0v) is 16.8. The first-order valence-electron chi connectivity index (χ1n) is 9.20. The predicted octanol–water partition coefficient (Wildman–Crippen LogP) is 2.57. The molecule has 2 aromatic carbocycles. The number of benzene rings is 2. The number of hydrogen-bond acceptors (Lipinski definition) is 9. The number of nitro groups is 1. The van der Waals surface area contributed by atoms with Crippen molar-refractivity contribution < 1.29 is 38.2 Å². The zero-order valence-electron chi connectivity index (χ0n) is 16.8. The van der Waals surface area contributed by atoms with E-state index >= 15 is 0 Å². The van der Waals surface area contributed by atoms with E-state index < -0.39 is 23.4 Å². The third-order valence-corrected chi connectivity index (χ3v) is 4.30. The van der Waals surface area contributed by atoms with Gasteiger partial charge in [0.15, 0.2) is 18.1 Å². The molecule has 0 aliphatic carbocycles. The summed E-state index contributed by atoms with van der Waals surface area (Å²) in [5.41, 5.74) is -0.413. The number of nitrogens with one attached hydrogen (secondary N) is 1. The zero-order chi connectivity index (χ0) is 22.4. The topological polar surface area (TPSA) is 135 Å². The van der Waals surface area contributed by atoms with Gasteiger partial charge in [0, 0.05) is 12.5 Å². The lowest BCUT2D eigenvalue weighted by Crippen LogP contribution is -2.21. The summed E-state index contributed by atoms with van der Waals surface area (Å²) in [6.07, 6.45) is 0.619. The van der Waals surface area contributed by atoms with Gasteiger partial charge in [0.2, 0.25) is 0 Å². The Labute approximate surface area is 176 Å². The second-order valence-corrected chi connectivity index (χ2v) is 6.31. The molecular weight excluding hydrogens is 412 g/mol. The van der Waals surface area contributed by atoms with Crippen LogP contribution in [0.5, 0.6) is 23.0 Å². The third kappa shape index (κ3) is 5.13. The predicted molar refractivity (Wildman–Crippen MR) is 107 cm³/mol. The molecule has 0 radical (unpaired) electrons. The lowest BCUT2D eigenvalue weighted by molar-refractivity contribution is -0.384. The van der Waals surface area contributed by atoms with Crippen molar-refractivity contribution in [3.05, 3.63) is 46.0 Å². The van der Waals surface area contributed by atoms with Crippen molar-refractivity contribution in [2.75, 3.05) is 39.4 Å². The highest BCUT2D eigenvalue weighted by atomic mass is 16.6. The van der Waals surface area contributed by atoms with E-state index in [1.165, 1.54) is 38.5 Å². The molecule has 1 N–H and O–H groups in total. The average molecular weight is 432 g/mol. The van der Waals surface area contributed by atoms with Crippen molar-refractivity contribution in [1.29, 1.82) is 0 Å². The van der Waals surface area contributed by atoms with Gasteiger partial charge in [-0.2, -0.15) is 0 Å². The van der Waals surface area contributed by atoms with Crippen LogP contribution in [0.1, 0.15) is 16.8 Å². The number of hydrogen-bond donors (Lipinski definition) is 1. The number of carbonyl (C=O) groups excluding carboxylic acids is 2. The fraction of sp³-hybridized carbons (Fsp3) is 0.300. The van der Waals surface area contributed by atoms with Crippen molar-refractivity contribution in [3.63, 3.8) is 0 Å². The molecule has 1 heterocycles. The Kier molecular flexibility index (Phi) is 6.75. The number of rotatable bonds is 7. The summed E-state index contributed by atoms with van der Waals surface area (Å²) in [4.78, 5) is 35.4. The Bertz CT molecular complexity index is 1010. The number of amides is 1. The first-order valence-corrected chi connectivity index (χ1v) is 9.20. The van der Waals surface area contributed by atoms with Gasteiger partial charge < -0.3 is 29.0 Å². The molecule has 0 spiro atoms. The largest absolute Gasteiger partial charge is 0.497 e. The monoisotopic (exact) mass is 432 g/mol. The minimum absolute atomic E-state index is 0.0659. The molecule has 0 aromatic heterocycles. The van der Waals surface area contributed by atoms with Crippen molar-refractivity contribution in [1.82, 2.24) is 0 Å². The first kappa shape index (κ1) is 21.7. The van der Waals surface area contributed by atoms with Crippen molar-refractivity contribution in [2.24, 2.45) is 0 Å². The van der Waals surface area contributed by atoms with Gasteiger partial charge in [0.1, 0.15) is 22.7 Å². The van der Waals surface area contributed by atoms with Gasteiger partial charge in [0.05, 0.1) is 38.4 Å². The van der Waals surface area contributed by atoms with Crippen LogP contribution in [0.2, 0.25) is 0 Å². The van der Waals surface area contributed by atoms with Gasteiger partial charge in [-0.15, -0.1) is 0 Å². The second-order valence-electron chi connectivity index (χ2n) is 6.31. The maximum Gasteiger partial charge on any atom is 0.342 e. The third-order valence-electron chi connectivity index (χ3n) is 4.30. The summed E-state index contributed by atoms with van der Waals surface area (Å²) in [5, 5.41) is 13.8.